The van der Waals surface area contributed by atoms with Crippen molar-refractivity contribution < 1.29 is 5.11 Å². The Kier molecular flexibility index (Phi) is 6.06. The van der Waals surface area contributed by atoms with Gasteiger partial charge >= 0.3 is 0 Å². The van der Waals surface area contributed by atoms with Gasteiger partial charge in [0.25, 0.3) is 0 Å². The van der Waals surface area contributed by atoms with Gasteiger partial charge in [-0.2, -0.15) is 0 Å². The molecule has 112 valence electrons. The third kappa shape index (κ3) is 4.07. The molecule has 3 unspecified atom stereocenters. The number of hydrogen-bond donors (Lipinski definition) is 1. The lowest BCUT2D eigenvalue weighted by Crippen LogP contribution is -2.42. The van der Waals surface area contributed by atoms with E-state index in [0.717, 1.165) is 18.2 Å². The zero-order valence-corrected chi connectivity index (χ0v) is 13.0. The second-order valence-corrected chi connectivity index (χ2v) is 6.27. The predicted octanol–water partition coefficient (Wildman–Crippen LogP) is 4.01. The first-order chi connectivity index (χ1) is 9.72. The van der Waals surface area contributed by atoms with E-state index in [2.05, 4.69) is 18.7 Å². The van der Waals surface area contributed by atoms with Crippen LogP contribution in [0.3, 0.4) is 0 Å². The molecule has 2 nitrogen and oxygen atoms in total. The fraction of sp³-hybridized carbons (Fsp3) is 0.667. The SMILES string of the molecule is CCCC1CCCCN1CC(C)C(O)c1ccccc1. The van der Waals surface area contributed by atoms with E-state index in [9.17, 15) is 5.11 Å². The van der Waals surface area contributed by atoms with Crippen LogP contribution in [0.1, 0.15) is 57.6 Å². The molecule has 0 aliphatic carbocycles. The standard InChI is InChI=1S/C18H29NO/c1-3-9-17-12-7-8-13-19(17)14-15(2)18(20)16-10-5-4-6-11-16/h4-6,10-11,15,17-18,20H,3,7-9,12-14H2,1-2H3. The Hall–Kier alpha value is -0.860. The average molecular weight is 275 g/mol. The molecule has 0 amide bonds. The first-order valence-electron chi connectivity index (χ1n) is 8.19. The lowest BCUT2D eigenvalue weighted by Gasteiger charge is -2.38. The van der Waals surface area contributed by atoms with E-state index in [1.807, 2.05) is 30.3 Å². The first-order valence-corrected chi connectivity index (χ1v) is 8.19. The zero-order chi connectivity index (χ0) is 14.4. The maximum atomic E-state index is 10.5. The predicted molar refractivity (Wildman–Crippen MR) is 84.7 cm³/mol. The summed E-state index contributed by atoms with van der Waals surface area (Å²) < 4.78 is 0. The minimum Gasteiger partial charge on any atom is -0.388 e. The Balaban J connectivity index is 1.93. The van der Waals surface area contributed by atoms with Crippen molar-refractivity contribution in [2.75, 3.05) is 13.1 Å². The first kappa shape index (κ1) is 15.5. The Morgan fingerprint density at radius 3 is 2.70 bits per heavy atom. The lowest BCUT2D eigenvalue weighted by atomic mass is 9.93. The van der Waals surface area contributed by atoms with Crippen LogP contribution in [0, 0.1) is 5.92 Å². The molecule has 2 heteroatoms. The summed E-state index contributed by atoms with van der Waals surface area (Å²) in [6.07, 6.45) is 6.23. The molecule has 1 heterocycles. The van der Waals surface area contributed by atoms with Crippen molar-refractivity contribution in [3.63, 3.8) is 0 Å². The number of likely N-dealkylation sites (tertiary alicyclic amines) is 1. The molecule has 1 aliphatic rings. The summed E-state index contributed by atoms with van der Waals surface area (Å²) in [5, 5.41) is 10.5. The molecular weight excluding hydrogens is 246 g/mol. The number of hydrogen-bond acceptors (Lipinski definition) is 2. The number of aliphatic hydroxyl groups excluding tert-OH is 1. The molecule has 0 bridgehead atoms. The highest BCUT2D eigenvalue weighted by Gasteiger charge is 2.25. The van der Waals surface area contributed by atoms with Crippen LogP contribution in [0.25, 0.3) is 0 Å². The highest BCUT2D eigenvalue weighted by molar-refractivity contribution is 5.17. The topological polar surface area (TPSA) is 23.5 Å². The van der Waals surface area contributed by atoms with Gasteiger partial charge in [-0.1, -0.05) is 57.0 Å². The van der Waals surface area contributed by atoms with Crippen LogP contribution >= 0.6 is 0 Å². The number of aliphatic hydroxyl groups is 1. The summed E-state index contributed by atoms with van der Waals surface area (Å²) in [4.78, 5) is 2.61. The quantitative estimate of drug-likeness (QED) is 0.848. The van der Waals surface area contributed by atoms with Crippen molar-refractivity contribution in [2.24, 2.45) is 5.92 Å². The van der Waals surface area contributed by atoms with Crippen LogP contribution in [0.4, 0.5) is 0 Å². The van der Waals surface area contributed by atoms with Crippen LogP contribution in [-0.2, 0) is 0 Å². The van der Waals surface area contributed by atoms with Crippen LogP contribution in [0.15, 0.2) is 30.3 Å². The van der Waals surface area contributed by atoms with Gasteiger partial charge in [0.15, 0.2) is 0 Å². The van der Waals surface area contributed by atoms with Crippen LogP contribution in [-0.4, -0.2) is 29.1 Å². The molecule has 2 rings (SSSR count). The van der Waals surface area contributed by atoms with E-state index in [1.165, 1.54) is 38.6 Å². The molecule has 1 aromatic carbocycles. The van der Waals surface area contributed by atoms with E-state index in [-0.39, 0.29) is 12.0 Å². The fourth-order valence-corrected chi connectivity index (χ4v) is 3.41. The van der Waals surface area contributed by atoms with Crippen molar-refractivity contribution in [3.05, 3.63) is 35.9 Å². The number of benzene rings is 1. The molecule has 20 heavy (non-hydrogen) atoms. The number of nitrogens with zero attached hydrogens (tertiary/aromatic N) is 1. The normalized spacial score (nSPS) is 23.4. The van der Waals surface area contributed by atoms with Gasteiger partial charge in [0.1, 0.15) is 0 Å². The van der Waals surface area contributed by atoms with Gasteiger partial charge in [-0.3, -0.25) is 0 Å². The molecule has 1 N–H and O–H groups in total. The maximum absolute atomic E-state index is 10.5. The van der Waals surface area contributed by atoms with Crippen molar-refractivity contribution in [3.8, 4) is 0 Å². The Morgan fingerprint density at radius 2 is 2.00 bits per heavy atom. The van der Waals surface area contributed by atoms with Crippen LogP contribution in [0.2, 0.25) is 0 Å². The van der Waals surface area contributed by atoms with Gasteiger partial charge in [0, 0.05) is 12.6 Å². The summed E-state index contributed by atoms with van der Waals surface area (Å²) in [6.45, 7) is 6.67. The second-order valence-electron chi connectivity index (χ2n) is 6.27. The maximum Gasteiger partial charge on any atom is 0.0827 e. The minimum absolute atomic E-state index is 0.287. The van der Waals surface area contributed by atoms with Gasteiger partial charge in [-0.05, 0) is 37.3 Å². The summed E-state index contributed by atoms with van der Waals surface area (Å²) in [6, 6.07) is 10.8. The average Bonchev–Trinajstić information content (AvgIpc) is 2.49. The second kappa shape index (κ2) is 7.80. The Bertz CT molecular complexity index is 376. The number of piperidine rings is 1. The molecule has 1 aliphatic heterocycles. The van der Waals surface area contributed by atoms with Gasteiger partial charge in [0.2, 0.25) is 0 Å². The van der Waals surface area contributed by atoms with Gasteiger partial charge in [0.05, 0.1) is 6.10 Å². The third-order valence-corrected chi connectivity index (χ3v) is 4.57. The van der Waals surface area contributed by atoms with Crippen LogP contribution < -0.4 is 0 Å². The van der Waals surface area contributed by atoms with E-state index < -0.39 is 0 Å². The molecule has 0 radical (unpaired) electrons. The molecule has 1 aromatic rings. The monoisotopic (exact) mass is 275 g/mol. The van der Waals surface area contributed by atoms with Crippen molar-refractivity contribution in [1.29, 1.82) is 0 Å². The fourth-order valence-electron chi connectivity index (χ4n) is 3.41. The lowest BCUT2D eigenvalue weighted by molar-refractivity contribution is 0.0573. The van der Waals surface area contributed by atoms with E-state index in [4.69, 9.17) is 0 Å². The van der Waals surface area contributed by atoms with E-state index in [1.54, 1.807) is 0 Å². The van der Waals surface area contributed by atoms with Crippen molar-refractivity contribution >= 4 is 0 Å². The molecule has 1 fully saturated rings. The minimum atomic E-state index is -0.347. The Morgan fingerprint density at radius 1 is 1.25 bits per heavy atom. The molecule has 3 atom stereocenters. The summed E-state index contributed by atoms with van der Waals surface area (Å²) in [7, 11) is 0. The zero-order valence-electron chi connectivity index (χ0n) is 13.0. The highest BCUT2D eigenvalue weighted by atomic mass is 16.3. The summed E-state index contributed by atoms with van der Waals surface area (Å²) in [5.41, 5.74) is 1.05. The van der Waals surface area contributed by atoms with Gasteiger partial charge < -0.3 is 10.0 Å². The number of rotatable bonds is 6. The third-order valence-electron chi connectivity index (χ3n) is 4.57. The summed E-state index contributed by atoms with van der Waals surface area (Å²) in [5.74, 6) is 0.287. The van der Waals surface area contributed by atoms with E-state index in [0.29, 0.717) is 0 Å². The van der Waals surface area contributed by atoms with Crippen LogP contribution in [0.5, 0.6) is 0 Å². The smallest absolute Gasteiger partial charge is 0.0827 e. The molecule has 1 saturated heterocycles. The molecule has 0 saturated carbocycles. The van der Waals surface area contributed by atoms with E-state index >= 15 is 0 Å². The summed E-state index contributed by atoms with van der Waals surface area (Å²) >= 11 is 0. The van der Waals surface area contributed by atoms with Crippen molar-refractivity contribution in [2.45, 2.75) is 58.1 Å². The molecule has 0 aromatic heterocycles. The highest BCUT2D eigenvalue weighted by Crippen LogP contribution is 2.27. The molecule has 0 spiro atoms. The molecular formula is C18H29NO. The van der Waals surface area contributed by atoms with Gasteiger partial charge in [-0.15, -0.1) is 0 Å². The van der Waals surface area contributed by atoms with Crippen molar-refractivity contribution in [1.82, 2.24) is 4.90 Å². The van der Waals surface area contributed by atoms with Gasteiger partial charge in [-0.25, -0.2) is 0 Å². The largest absolute Gasteiger partial charge is 0.388 e. The Labute approximate surface area is 123 Å².